The minimum absolute atomic E-state index is 0.261. The SMILES string of the molecule is C/C(=N\Nc1nc(=S)[nH][nH]1)c1ccc2c(c1)OCO2. The van der Waals surface area contributed by atoms with Gasteiger partial charge >= 0.3 is 0 Å². The lowest BCUT2D eigenvalue weighted by atomic mass is 10.1. The number of ether oxygens (including phenoxy) is 2. The van der Waals surface area contributed by atoms with E-state index in [4.69, 9.17) is 21.7 Å². The zero-order chi connectivity index (χ0) is 13.2. The van der Waals surface area contributed by atoms with Crippen LogP contribution >= 0.6 is 12.2 Å². The predicted octanol–water partition coefficient (Wildman–Crippen LogP) is 2.03. The van der Waals surface area contributed by atoms with Crippen LogP contribution in [0, 0.1) is 4.77 Å². The van der Waals surface area contributed by atoms with Crippen LogP contribution in [-0.4, -0.2) is 27.7 Å². The van der Waals surface area contributed by atoms with Crippen LogP contribution in [0.3, 0.4) is 0 Å². The van der Waals surface area contributed by atoms with Crippen LogP contribution < -0.4 is 14.9 Å². The van der Waals surface area contributed by atoms with Crippen LogP contribution in [0.25, 0.3) is 0 Å². The number of benzene rings is 1. The molecule has 7 nitrogen and oxygen atoms in total. The number of hydrazone groups is 1. The van der Waals surface area contributed by atoms with E-state index in [9.17, 15) is 0 Å². The fraction of sp³-hybridized carbons (Fsp3) is 0.182. The molecule has 19 heavy (non-hydrogen) atoms. The van der Waals surface area contributed by atoms with Crippen molar-refractivity contribution in [1.82, 2.24) is 15.2 Å². The number of hydrogen-bond donors (Lipinski definition) is 3. The summed E-state index contributed by atoms with van der Waals surface area (Å²) in [6.45, 7) is 2.14. The molecule has 3 rings (SSSR count). The van der Waals surface area contributed by atoms with Gasteiger partial charge in [0.05, 0.1) is 5.71 Å². The van der Waals surface area contributed by atoms with Crippen LogP contribution in [0.15, 0.2) is 23.3 Å². The largest absolute Gasteiger partial charge is 0.454 e. The maximum Gasteiger partial charge on any atom is 0.238 e. The molecule has 0 aliphatic carbocycles. The monoisotopic (exact) mass is 277 g/mol. The molecule has 3 N–H and O–H groups in total. The van der Waals surface area contributed by atoms with Crippen molar-refractivity contribution in [3.63, 3.8) is 0 Å². The van der Waals surface area contributed by atoms with E-state index in [2.05, 4.69) is 25.7 Å². The average molecular weight is 277 g/mol. The fourth-order valence-corrected chi connectivity index (χ4v) is 1.79. The van der Waals surface area contributed by atoms with Crippen molar-refractivity contribution < 1.29 is 9.47 Å². The summed E-state index contributed by atoms with van der Waals surface area (Å²) in [5.74, 6) is 1.94. The van der Waals surface area contributed by atoms with E-state index in [1.54, 1.807) is 0 Å². The third-order valence-electron chi connectivity index (χ3n) is 2.62. The molecule has 98 valence electrons. The predicted molar refractivity (Wildman–Crippen MR) is 72.2 cm³/mol. The molecule has 0 saturated heterocycles. The van der Waals surface area contributed by atoms with E-state index in [1.807, 2.05) is 25.1 Å². The molecule has 2 heterocycles. The van der Waals surface area contributed by atoms with Gasteiger partial charge in [-0.15, -0.1) is 0 Å². The van der Waals surface area contributed by atoms with Crippen molar-refractivity contribution >= 4 is 23.9 Å². The highest BCUT2D eigenvalue weighted by molar-refractivity contribution is 7.71. The highest BCUT2D eigenvalue weighted by atomic mass is 32.1. The molecule has 1 aliphatic heterocycles. The lowest BCUT2D eigenvalue weighted by Gasteiger charge is -2.02. The molecule has 2 aromatic rings. The lowest BCUT2D eigenvalue weighted by molar-refractivity contribution is 0.174. The Balaban J connectivity index is 1.79. The summed E-state index contributed by atoms with van der Waals surface area (Å²) in [5.41, 5.74) is 4.51. The van der Waals surface area contributed by atoms with Gasteiger partial charge in [-0.3, -0.25) is 10.2 Å². The molecule has 1 aliphatic rings. The third-order valence-corrected chi connectivity index (χ3v) is 2.81. The topological polar surface area (TPSA) is 87.3 Å². The molecule has 8 heteroatoms. The number of hydrogen-bond acceptors (Lipinski definition) is 6. The minimum atomic E-state index is 0.261. The van der Waals surface area contributed by atoms with Crippen molar-refractivity contribution in [3.8, 4) is 11.5 Å². The van der Waals surface area contributed by atoms with Gasteiger partial charge in [0.2, 0.25) is 17.5 Å². The van der Waals surface area contributed by atoms with E-state index in [0.717, 1.165) is 22.8 Å². The Kier molecular flexibility index (Phi) is 2.92. The number of rotatable bonds is 3. The summed E-state index contributed by atoms with van der Waals surface area (Å²) < 4.78 is 11.0. The Bertz CT molecular complexity index is 690. The fourth-order valence-electron chi connectivity index (χ4n) is 1.65. The van der Waals surface area contributed by atoms with Gasteiger partial charge in [-0.2, -0.15) is 10.1 Å². The second-order valence-corrected chi connectivity index (χ2v) is 4.28. The molecule has 0 bridgehead atoms. The summed E-state index contributed by atoms with van der Waals surface area (Å²) in [6.07, 6.45) is 0. The maximum atomic E-state index is 5.32. The number of nitrogens with zero attached hydrogens (tertiary/aromatic N) is 2. The zero-order valence-corrected chi connectivity index (χ0v) is 10.9. The highest BCUT2D eigenvalue weighted by Crippen LogP contribution is 2.32. The number of fused-ring (bicyclic) bond motifs is 1. The average Bonchev–Trinajstić information content (AvgIpc) is 3.03. The van der Waals surface area contributed by atoms with E-state index < -0.39 is 0 Å². The number of aromatic amines is 2. The van der Waals surface area contributed by atoms with E-state index >= 15 is 0 Å². The highest BCUT2D eigenvalue weighted by Gasteiger charge is 2.13. The van der Waals surface area contributed by atoms with Crippen LogP contribution in [0.5, 0.6) is 11.5 Å². The van der Waals surface area contributed by atoms with E-state index in [1.165, 1.54) is 0 Å². The van der Waals surface area contributed by atoms with Crippen LogP contribution in [0.4, 0.5) is 5.95 Å². The summed E-state index contributed by atoms with van der Waals surface area (Å²) >= 11 is 4.84. The number of anilines is 1. The molecule has 0 atom stereocenters. The third kappa shape index (κ3) is 2.43. The van der Waals surface area contributed by atoms with Crippen molar-refractivity contribution in [2.75, 3.05) is 12.2 Å². The van der Waals surface area contributed by atoms with Gasteiger partial charge in [0.25, 0.3) is 0 Å². The zero-order valence-electron chi connectivity index (χ0n) is 10.1. The molecule has 0 fully saturated rings. The molecule has 0 radical (unpaired) electrons. The lowest BCUT2D eigenvalue weighted by Crippen LogP contribution is -2.00. The molecular formula is C11H11N5O2S. The quantitative estimate of drug-likeness (QED) is 0.454. The van der Waals surface area contributed by atoms with Crippen molar-refractivity contribution in [1.29, 1.82) is 0 Å². The van der Waals surface area contributed by atoms with Gasteiger partial charge in [0, 0.05) is 5.56 Å². The normalized spacial score (nSPS) is 13.6. The Labute approximate surface area is 113 Å². The molecule has 0 unspecified atom stereocenters. The van der Waals surface area contributed by atoms with Gasteiger partial charge in [0.15, 0.2) is 11.5 Å². The molecule has 1 aromatic heterocycles. The Hall–Kier alpha value is -2.35. The molecule has 0 saturated carbocycles. The Morgan fingerprint density at radius 2 is 2.21 bits per heavy atom. The van der Waals surface area contributed by atoms with Gasteiger partial charge in [0.1, 0.15) is 0 Å². The Morgan fingerprint density at radius 1 is 1.37 bits per heavy atom. The summed E-state index contributed by atoms with van der Waals surface area (Å²) in [6, 6.07) is 5.66. The summed E-state index contributed by atoms with van der Waals surface area (Å²) in [7, 11) is 0. The first kappa shape index (κ1) is 11.7. The van der Waals surface area contributed by atoms with Crippen LogP contribution in [0.1, 0.15) is 12.5 Å². The van der Waals surface area contributed by atoms with Crippen molar-refractivity contribution in [2.45, 2.75) is 6.92 Å². The molecule has 1 aromatic carbocycles. The first-order chi connectivity index (χ1) is 9.22. The summed E-state index contributed by atoms with van der Waals surface area (Å²) in [4.78, 5) is 3.97. The Morgan fingerprint density at radius 3 is 3.00 bits per heavy atom. The van der Waals surface area contributed by atoms with Crippen LogP contribution in [-0.2, 0) is 0 Å². The van der Waals surface area contributed by atoms with Crippen molar-refractivity contribution in [3.05, 3.63) is 28.5 Å². The van der Waals surface area contributed by atoms with Crippen molar-refractivity contribution in [2.24, 2.45) is 5.10 Å². The minimum Gasteiger partial charge on any atom is -0.454 e. The molecular weight excluding hydrogens is 266 g/mol. The van der Waals surface area contributed by atoms with Gasteiger partial charge < -0.3 is 9.47 Å². The number of aromatic nitrogens is 3. The molecule has 0 amide bonds. The second-order valence-electron chi connectivity index (χ2n) is 3.89. The van der Waals surface area contributed by atoms with E-state index in [-0.39, 0.29) is 6.79 Å². The van der Waals surface area contributed by atoms with E-state index in [0.29, 0.717) is 10.7 Å². The summed E-state index contributed by atoms with van der Waals surface area (Å²) in [5, 5.41) is 9.64. The first-order valence-corrected chi connectivity index (χ1v) is 5.98. The van der Waals surface area contributed by atoms with Crippen LogP contribution in [0.2, 0.25) is 0 Å². The maximum absolute atomic E-state index is 5.32. The smallest absolute Gasteiger partial charge is 0.238 e. The number of H-pyrrole nitrogens is 2. The molecule has 0 spiro atoms. The second kappa shape index (κ2) is 4.73. The van der Waals surface area contributed by atoms with Gasteiger partial charge in [-0.1, -0.05) is 0 Å². The first-order valence-electron chi connectivity index (χ1n) is 5.57. The van der Waals surface area contributed by atoms with Gasteiger partial charge in [-0.05, 0) is 37.3 Å². The number of nitrogens with one attached hydrogen (secondary N) is 3. The standard InChI is InChI=1S/C11H11N5O2S/c1-6(13-14-10-12-11(19)16-15-10)7-2-3-8-9(4-7)18-5-17-8/h2-4H,5H2,1H3,(H3,12,14,15,16,19)/b13-6+. The van der Waals surface area contributed by atoms with Gasteiger partial charge in [-0.25, -0.2) is 5.43 Å².